The van der Waals surface area contributed by atoms with Crippen molar-refractivity contribution in [3.8, 4) is 0 Å². The summed E-state index contributed by atoms with van der Waals surface area (Å²) in [6, 6.07) is 9.88. The molecular weight excluding hydrogens is 356 g/mol. The summed E-state index contributed by atoms with van der Waals surface area (Å²) in [5.41, 5.74) is 0.0390. The zero-order chi connectivity index (χ0) is 20.6. The summed E-state index contributed by atoms with van der Waals surface area (Å²) in [7, 11) is 0. The number of rotatable bonds is 8. The Morgan fingerprint density at radius 2 is 1.68 bits per heavy atom. The SMILES string of the molecule is CC(C)(C)OC(=O)NCCCC(=O)NCC(=O)C1(c2ccccc2)CCCC1. The van der Waals surface area contributed by atoms with Gasteiger partial charge in [-0.25, -0.2) is 4.79 Å². The van der Waals surface area contributed by atoms with Gasteiger partial charge in [0, 0.05) is 13.0 Å². The van der Waals surface area contributed by atoms with Gasteiger partial charge in [-0.1, -0.05) is 43.2 Å². The molecule has 1 aromatic carbocycles. The lowest BCUT2D eigenvalue weighted by Gasteiger charge is -2.28. The second kappa shape index (κ2) is 9.71. The molecule has 0 aromatic heterocycles. The van der Waals surface area contributed by atoms with Crippen LogP contribution in [0.5, 0.6) is 0 Å². The fourth-order valence-corrected chi connectivity index (χ4v) is 3.65. The Kier molecular flexibility index (Phi) is 7.61. The Balaban J connectivity index is 1.74. The highest BCUT2D eigenvalue weighted by molar-refractivity contribution is 5.94. The number of hydrogen-bond acceptors (Lipinski definition) is 4. The van der Waals surface area contributed by atoms with Crippen LogP contribution in [-0.2, 0) is 19.7 Å². The van der Waals surface area contributed by atoms with E-state index in [2.05, 4.69) is 10.6 Å². The van der Waals surface area contributed by atoms with Crippen molar-refractivity contribution in [2.45, 2.75) is 70.3 Å². The molecule has 1 saturated carbocycles. The zero-order valence-corrected chi connectivity index (χ0v) is 17.2. The molecule has 0 saturated heterocycles. The van der Waals surface area contributed by atoms with Gasteiger partial charge in [0.05, 0.1) is 12.0 Å². The van der Waals surface area contributed by atoms with Crippen molar-refractivity contribution in [2.75, 3.05) is 13.1 Å². The maximum absolute atomic E-state index is 12.9. The summed E-state index contributed by atoms with van der Waals surface area (Å²) in [6.07, 6.45) is 3.99. The van der Waals surface area contributed by atoms with E-state index in [1.165, 1.54) is 0 Å². The molecule has 2 N–H and O–H groups in total. The molecular formula is C22H32N2O4. The molecule has 154 valence electrons. The van der Waals surface area contributed by atoms with Crippen LogP contribution in [0.1, 0.15) is 64.9 Å². The maximum atomic E-state index is 12.9. The van der Waals surface area contributed by atoms with Crippen molar-refractivity contribution in [2.24, 2.45) is 0 Å². The first-order valence-corrected chi connectivity index (χ1v) is 10.1. The number of carbonyl (C=O) groups excluding carboxylic acids is 3. The topological polar surface area (TPSA) is 84.5 Å². The van der Waals surface area contributed by atoms with E-state index in [1.807, 2.05) is 30.3 Å². The third kappa shape index (κ3) is 6.36. The smallest absolute Gasteiger partial charge is 0.407 e. The fraction of sp³-hybridized carbons (Fsp3) is 0.591. The van der Waals surface area contributed by atoms with Gasteiger partial charge in [-0.3, -0.25) is 9.59 Å². The molecule has 6 heteroatoms. The van der Waals surface area contributed by atoms with E-state index in [4.69, 9.17) is 4.74 Å². The van der Waals surface area contributed by atoms with Gasteiger partial charge in [0.25, 0.3) is 0 Å². The highest BCUT2D eigenvalue weighted by atomic mass is 16.6. The molecule has 2 rings (SSSR count). The Bertz CT molecular complexity index is 674. The lowest BCUT2D eigenvalue weighted by molar-refractivity contribution is -0.128. The van der Waals surface area contributed by atoms with Gasteiger partial charge in [-0.05, 0) is 45.6 Å². The van der Waals surface area contributed by atoms with Gasteiger partial charge in [-0.15, -0.1) is 0 Å². The molecule has 1 aliphatic carbocycles. The highest BCUT2D eigenvalue weighted by Gasteiger charge is 2.41. The Morgan fingerprint density at radius 1 is 1.04 bits per heavy atom. The second-order valence-corrected chi connectivity index (χ2v) is 8.39. The van der Waals surface area contributed by atoms with E-state index in [0.717, 1.165) is 31.2 Å². The molecule has 0 unspecified atom stereocenters. The summed E-state index contributed by atoms with van der Waals surface area (Å²) in [4.78, 5) is 36.6. The summed E-state index contributed by atoms with van der Waals surface area (Å²) in [5, 5.41) is 5.37. The van der Waals surface area contributed by atoms with Crippen LogP contribution in [-0.4, -0.2) is 36.5 Å². The van der Waals surface area contributed by atoms with Crippen LogP contribution in [0.2, 0.25) is 0 Å². The van der Waals surface area contributed by atoms with E-state index in [1.54, 1.807) is 20.8 Å². The quantitative estimate of drug-likeness (QED) is 0.668. The maximum Gasteiger partial charge on any atom is 0.407 e. The Hall–Kier alpha value is -2.37. The van der Waals surface area contributed by atoms with Gasteiger partial charge in [0.2, 0.25) is 5.91 Å². The predicted molar refractivity (Wildman–Crippen MR) is 108 cm³/mol. The van der Waals surface area contributed by atoms with Crippen LogP contribution in [0.15, 0.2) is 30.3 Å². The molecule has 2 amide bonds. The summed E-state index contributed by atoms with van der Waals surface area (Å²) < 4.78 is 5.14. The van der Waals surface area contributed by atoms with Crippen molar-refractivity contribution < 1.29 is 19.1 Å². The molecule has 28 heavy (non-hydrogen) atoms. The first-order chi connectivity index (χ1) is 13.2. The van der Waals surface area contributed by atoms with Crippen LogP contribution < -0.4 is 10.6 Å². The molecule has 1 fully saturated rings. The minimum Gasteiger partial charge on any atom is -0.444 e. The number of ketones is 1. The molecule has 0 radical (unpaired) electrons. The predicted octanol–water partition coefficient (Wildman–Crippen LogP) is 3.49. The molecule has 0 aliphatic heterocycles. The molecule has 6 nitrogen and oxygen atoms in total. The molecule has 0 spiro atoms. The third-order valence-electron chi connectivity index (χ3n) is 5.01. The van der Waals surface area contributed by atoms with Crippen LogP contribution in [0, 0.1) is 0 Å². The first-order valence-electron chi connectivity index (χ1n) is 10.1. The van der Waals surface area contributed by atoms with E-state index in [-0.39, 0.29) is 24.7 Å². The number of carbonyl (C=O) groups is 3. The Morgan fingerprint density at radius 3 is 2.29 bits per heavy atom. The van der Waals surface area contributed by atoms with Crippen LogP contribution in [0.25, 0.3) is 0 Å². The average Bonchev–Trinajstić information content (AvgIpc) is 3.14. The average molecular weight is 389 g/mol. The van der Waals surface area contributed by atoms with Gasteiger partial charge in [-0.2, -0.15) is 0 Å². The monoisotopic (exact) mass is 388 g/mol. The van der Waals surface area contributed by atoms with Crippen LogP contribution in [0.4, 0.5) is 4.79 Å². The number of benzene rings is 1. The minimum atomic E-state index is -0.545. The van der Waals surface area contributed by atoms with Gasteiger partial charge in [0.1, 0.15) is 5.60 Å². The Labute approximate surface area is 167 Å². The number of amides is 2. The number of alkyl carbamates (subject to hydrolysis) is 1. The largest absolute Gasteiger partial charge is 0.444 e. The van der Waals surface area contributed by atoms with E-state index < -0.39 is 17.1 Å². The van der Waals surface area contributed by atoms with Crippen molar-refractivity contribution in [1.29, 1.82) is 0 Å². The lowest BCUT2D eigenvalue weighted by atomic mass is 9.75. The van der Waals surface area contributed by atoms with Gasteiger partial charge >= 0.3 is 6.09 Å². The summed E-state index contributed by atoms with van der Waals surface area (Å²) >= 11 is 0. The normalized spacial score (nSPS) is 15.7. The minimum absolute atomic E-state index is 0.0488. The fourth-order valence-electron chi connectivity index (χ4n) is 3.65. The van der Waals surface area contributed by atoms with Crippen LogP contribution >= 0.6 is 0 Å². The van der Waals surface area contributed by atoms with E-state index in [0.29, 0.717) is 13.0 Å². The first kappa shape index (κ1) is 21.9. The third-order valence-corrected chi connectivity index (χ3v) is 5.01. The van der Waals surface area contributed by atoms with Crippen LogP contribution in [0.3, 0.4) is 0 Å². The standard InChI is InChI=1S/C22H32N2O4/c1-21(2,3)28-20(27)23-15-9-12-19(26)24-16-18(25)22(13-7-8-14-22)17-10-5-4-6-11-17/h4-6,10-11H,7-9,12-16H2,1-3H3,(H,23,27)(H,24,26). The molecule has 1 aromatic rings. The van der Waals surface area contributed by atoms with Gasteiger partial charge in [0.15, 0.2) is 5.78 Å². The molecule has 0 atom stereocenters. The number of Topliss-reactive ketones (excluding diaryl/α,β-unsaturated/α-hetero) is 1. The molecule has 1 aliphatic rings. The number of ether oxygens (including phenoxy) is 1. The molecule has 0 bridgehead atoms. The molecule has 0 heterocycles. The number of hydrogen-bond donors (Lipinski definition) is 2. The van der Waals surface area contributed by atoms with Gasteiger partial charge < -0.3 is 15.4 Å². The summed E-state index contributed by atoms with van der Waals surface area (Å²) in [6.45, 7) is 5.79. The zero-order valence-electron chi connectivity index (χ0n) is 17.2. The lowest BCUT2D eigenvalue weighted by Crippen LogP contribution is -2.41. The van der Waals surface area contributed by atoms with Crippen molar-refractivity contribution >= 4 is 17.8 Å². The summed E-state index contributed by atoms with van der Waals surface area (Å²) in [5.74, 6) is -0.100. The highest BCUT2D eigenvalue weighted by Crippen LogP contribution is 2.41. The number of nitrogens with one attached hydrogen (secondary N) is 2. The van der Waals surface area contributed by atoms with E-state index >= 15 is 0 Å². The second-order valence-electron chi connectivity index (χ2n) is 8.39. The van der Waals surface area contributed by atoms with Crippen molar-refractivity contribution in [1.82, 2.24) is 10.6 Å². The van der Waals surface area contributed by atoms with Crippen molar-refractivity contribution in [3.63, 3.8) is 0 Å². The van der Waals surface area contributed by atoms with E-state index in [9.17, 15) is 14.4 Å². The van der Waals surface area contributed by atoms with Crippen molar-refractivity contribution in [3.05, 3.63) is 35.9 Å².